The number of hydrogen-bond donors (Lipinski definition) is 1. The van der Waals surface area contributed by atoms with Crippen molar-refractivity contribution in [3.05, 3.63) is 83.9 Å². The molecule has 3 aromatic heterocycles. The van der Waals surface area contributed by atoms with Crippen molar-refractivity contribution in [2.24, 2.45) is 13.0 Å². The van der Waals surface area contributed by atoms with Crippen molar-refractivity contribution in [1.82, 2.24) is 40.0 Å². The molecular weight excluding hydrogens is 534 g/mol. The van der Waals surface area contributed by atoms with Crippen molar-refractivity contribution in [3.8, 4) is 11.5 Å². The second-order valence-electron chi connectivity index (χ2n) is 10.7. The Morgan fingerprint density at radius 1 is 1.00 bits per heavy atom. The molecule has 2 amide bonds. The molecule has 1 aliphatic heterocycles. The van der Waals surface area contributed by atoms with Gasteiger partial charge >= 0.3 is 0 Å². The molecule has 12 heteroatoms. The van der Waals surface area contributed by atoms with E-state index in [1.165, 1.54) is 4.80 Å². The number of aromatic nitrogens is 6. The van der Waals surface area contributed by atoms with E-state index in [4.69, 9.17) is 4.42 Å². The number of oxazole rings is 1. The van der Waals surface area contributed by atoms with Gasteiger partial charge in [0.1, 0.15) is 11.2 Å². The van der Waals surface area contributed by atoms with Crippen LogP contribution in [0.5, 0.6) is 0 Å². The molecule has 5 aromatic rings. The van der Waals surface area contributed by atoms with E-state index < -0.39 is 0 Å². The molecule has 0 radical (unpaired) electrons. The summed E-state index contributed by atoms with van der Waals surface area (Å²) in [4.78, 5) is 40.2. The minimum Gasteiger partial charge on any atom is -0.436 e. The highest BCUT2D eigenvalue weighted by atomic mass is 16.3. The Morgan fingerprint density at radius 2 is 1.81 bits per heavy atom. The van der Waals surface area contributed by atoms with E-state index in [1.54, 1.807) is 37.5 Å². The molecule has 4 heterocycles. The maximum atomic E-state index is 13.5. The molecule has 1 saturated carbocycles. The summed E-state index contributed by atoms with van der Waals surface area (Å²) in [7, 11) is 1.75. The fraction of sp³-hybridized carbons (Fsp3) is 0.300. The van der Waals surface area contributed by atoms with Crippen LogP contribution in [0, 0.1) is 5.92 Å². The fourth-order valence-corrected chi connectivity index (χ4v) is 5.31. The number of nitrogens with one attached hydrogen (secondary N) is 1. The lowest BCUT2D eigenvalue weighted by molar-refractivity contribution is -0.117. The highest BCUT2D eigenvalue weighted by molar-refractivity contribution is 5.96. The second-order valence-corrected chi connectivity index (χ2v) is 10.7. The van der Waals surface area contributed by atoms with Crippen molar-refractivity contribution in [2.75, 3.05) is 31.5 Å². The topological polar surface area (TPSA) is 135 Å². The van der Waals surface area contributed by atoms with Gasteiger partial charge in [0.2, 0.25) is 11.8 Å². The number of rotatable bonds is 7. The molecule has 0 bridgehead atoms. The summed E-state index contributed by atoms with van der Waals surface area (Å²) in [6, 6.07) is 18.8. The number of amides is 2. The summed E-state index contributed by atoms with van der Waals surface area (Å²) in [6.07, 6.45) is 3.48. The average Bonchev–Trinajstić information content (AvgIpc) is 3.66. The number of anilines is 1. The summed E-state index contributed by atoms with van der Waals surface area (Å²) in [5, 5.41) is 15.7. The van der Waals surface area contributed by atoms with Crippen LogP contribution in [0.3, 0.4) is 0 Å². The van der Waals surface area contributed by atoms with Gasteiger partial charge in [-0.25, -0.2) is 4.98 Å². The first-order valence-electron chi connectivity index (χ1n) is 14.0. The van der Waals surface area contributed by atoms with Crippen molar-refractivity contribution in [3.63, 3.8) is 0 Å². The standard InChI is InChI=1S/C30H29N9O3/c1-37-35-27(34-36-37)26(19-5-3-2-4-6-19)38-13-15-39(16-14-38)30(41)24-17-21(11-12-31-24)29-33-23-18-22(9-10-25(23)42-29)32-28(40)20-7-8-20/h2-6,9-12,17-18,20,26H,7-8,13-16H2,1H3,(H,32,40)/t26-/m0/s1. The van der Waals surface area contributed by atoms with Gasteiger partial charge in [0.15, 0.2) is 11.4 Å². The van der Waals surface area contributed by atoms with Crippen LogP contribution < -0.4 is 5.32 Å². The monoisotopic (exact) mass is 563 g/mol. The molecule has 0 unspecified atom stereocenters. The van der Waals surface area contributed by atoms with Crippen LogP contribution in [0.15, 0.2) is 71.3 Å². The Bertz CT molecular complexity index is 1750. The predicted molar refractivity (Wildman–Crippen MR) is 153 cm³/mol. The van der Waals surface area contributed by atoms with Crippen molar-refractivity contribution < 1.29 is 14.0 Å². The molecular formula is C30H29N9O3. The molecule has 7 rings (SSSR count). The van der Waals surface area contributed by atoms with E-state index in [9.17, 15) is 9.59 Å². The zero-order chi connectivity index (χ0) is 28.6. The summed E-state index contributed by atoms with van der Waals surface area (Å²) in [6.45, 7) is 2.36. The average molecular weight is 564 g/mol. The molecule has 0 spiro atoms. The van der Waals surface area contributed by atoms with Crippen molar-refractivity contribution in [1.29, 1.82) is 0 Å². The summed E-state index contributed by atoms with van der Waals surface area (Å²) in [5.74, 6) is 1.03. The molecule has 2 aromatic carbocycles. The van der Waals surface area contributed by atoms with E-state index >= 15 is 0 Å². The van der Waals surface area contributed by atoms with Crippen LogP contribution in [0.4, 0.5) is 5.69 Å². The Hall–Kier alpha value is -4.97. The number of piperazine rings is 1. The third-order valence-electron chi connectivity index (χ3n) is 7.68. The first-order valence-corrected chi connectivity index (χ1v) is 14.0. The zero-order valence-electron chi connectivity index (χ0n) is 23.1. The first kappa shape index (κ1) is 26.0. The fourth-order valence-electron chi connectivity index (χ4n) is 5.31. The molecule has 1 atom stereocenters. The normalized spacial score (nSPS) is 16.5. The number of tetrazole rings is 1. The largest absolute Gasteiger partial charge is 0.436 e. The van der Waals surface area contributed by atoms with Crippen LogP contribution in [-0.2, 0) is 11.8 Å². The number of fused-ring (bicyclic) bond motifs is 1. The number of pyridine rings is 1. The second kappa shape index (κ2) is 10.8. The quantitative estimate of drug-likeness (QED) is 0.316. The van der Waals surface area contributed by atoms with Gasteiger partial charge in [0.25, 0.3) is 5.91 Å². The number of carbonyl (C=O) groups excluding carboxylic acids is 2. The van der Waals surface area contributed by atoms with Gasteiger partial charge in [-0.1, -0.05) is 30.3 Å². The lowest BCUT2D eigenvalue weighted by atomic mass is 10.0. The first-order chi connectivity index (χ1) is 20.5. The lowest BCUT2D eigenvalue weighted by Gasteiger charge is -2.38. The maximum Gasteiger partial charge on any atom is 0.272 e. The Labute approximate surface area is 241 Å². The van der Waals surface area contributed by atoms with Crippen LogP contribution in [-0.4, -0.2) is 78.0 Å². The zero-order valence-corrected chi connectivity index (χ0v) is 23.1. The van der Waals surface area contributed by atoms with Crippen LogP contribution >= 0.6 is 0 Å². The number of nitrogens with zero attached hydrogens (tertiary/aromatic N) is 8. The smallest absolute Gasteiger partial charge is 0.272 e. The third kappa shape index (κ3) is 5.23. The number of aryl methyl sites for hydroxylation is 1. The minimum absolute atomic E-state index is 0.0391. The Kier molecular flexibility index (Phi) is 6.67. The van der Waals surface area contributed by atoms with Crippen LogP contribution in [0.1, 0.15) is 40.8 Å². The van der Waals surface area contributed by atoms with Gasteiger partial charge < -0.3 is 14.6 Å². The molecule has 2 aliphatic rings. The number of benzene rings is 2. The van der Waals surface area contributed by atoms with E-state index in [1.807, 2.05) is 29.2 Å². The van der Waals surface area contributed by atoms with E-state index in [-0.39, 0.29) is 23.8 Å². The lowest BCUT2D eigenvalue weighted by Crippen LogP contribution is -2.50. The number of carbonyl (C=O) groups is 2. The van der Waals surface area contributed by atoms with Gasteiger partial charge in [0.05, 0.1) is 13.1 Å². The molecule has 212 valence electrons. The predicted octanol–water partition coefficient (Wildman–Crippen LogP) is 3.31. The van der Waals surface area contributed by atoms with E-state index in [2.05, 4.69) is 47.7 Å². The van der Waals surface area contributed by atoms with Gasteiger partial charge in [-0.2, -0.15) is 4.80 Å². The Morgan fingerprint density at radius 3 is 2.55 bits per heavy atom. The van der Waals surface area contributed by atoms with Gasteiger partial charge in [-0.05, 0) is 54.0 Å². The summed E-state index contributed by atoms with van der Waals surface area (Å²) >= 11 is 0. The molecule has 1 aliphatic carbocycles. The van der Waals surface area contributed by atoms with Crippen molar-refractivity contribution >= 4 is 28.6 Å². The SMILES string of the molecule is Cn1nnc([C@H](c2ccccc2)N2CCN(C(=O)c3cc(-c4nc5cc(NC(=O)C6CC6)ccc5o4)ccn3)CC2)n1. The van der Waals surface area contributed by atoms with E-state index in [0.717, 1.165) is 18.4 Å². The highest BCUT2D eigenvalue weighted by Crippen LogP contribution is 2.32. The van der Waals surface area contributed by atoms with Gasteiger partial charge in [-0.15, -0.1) is 10.2 Å². The van der Waals surface area contributed by atoms with Gasteiger partial charge in [-0.3, -0.25) is 19.5 Å². The Balaban J connectivity index is 1.05. The van der Waals surface area contributed by atoms with Crippen LogP contribution in [0.2, 0.25) is 0 Å². The molecule has 12 nitrogen and oxygen atoms in total. The maximum absolute atomic E-state index is 13.5. The van der Waals surface area contributed by atoms with Crippen molar-refractivity contribution in [2.45, 2.75) is 18.9 Å². The molecule has 2 fully saturated rings. The van der Waals surface area contributed by atoms with E-state index in [0.29, 0.717) is 65.9 Å². The minimum atomic E-state index is -0.152. The third-order valence-corrected chi connectivity index (χ3v) is 7.68. The molecule has 1 saturated heterocycles. The number of hydrogen-bond acceptors (Lipinski definition) is 9. The molecule has 42 heavy (non-hydrogen) atoms. The summed E-state index contributed by atoms with van der Waals surface area (Å²) in [5.41, 5.74) is 3.98. The van der Waals surface area contributed by atoms with Gasteiger partial charge in [0, 0.05) is 49.5 Å². The van der Waals surface area contributed by atoms with Crippen LogP contribution in [0.25, 0.3) is 22.6 Å². The summed E-state index contributed by atoms with van der Waals surface area (Å²) < 4.78 is 5.98. The molecule has 1 N–H and O–H groups in total. The highest BCUT2D eigenvalue weighted by Gasteiger charge is 2.32.